The first kappa shape index (κ1) is 12.2. The van der Waals surface area contributed by atoms with Crippen molar-refractivity contribution in [1.82, 2.24) is 0 Å². The molecule has 0 aliphatic carbocycles. The summed E-state index contributed by atoms with van der Waals surface area (Å²) in [5.41, 5.74) is 0.538. The van der Waals surface area contributed by atoms with Crippen molar-refractivity contribution in [3.05, 3.63) is 72.3 Å². The molecular formula is C14H15FO. The average molecular weight is 218 g/mol. The first-order chi connectivity index (χ1) is 7.77. The SMILES string of the molecule is C=C/C(=C\C=C/C)OCc1ccccc1F. The van der Waals surface area contributed by atoms with Gasteiger partial charge in [-0.3, -0.25) is 0 Å². The van der Waals surface area contributed by atoms with Gasteiger partial charge in [0, 0.05) is 5.56 Å². The van der Waals surface area contributed by atoms with Gasteiger partial charge in [0.2, 0.25) is 0 Å². The second-order valence-corrected chi connectivity index (χ2v) is 3.18. The van der Waals surface area contributed by atoms with Crippen molar-refractivity contribution in [1.29, 1.82) is 0 Å². The van der Waals surface area contributed by atoms with Crippen molar-refractivity contribution in [2.45, 2.75) is 13.5 Å². The molecule has 0 unspecified atom stereocenters. The number of hydrogen-bond acceptors (Lipinski definition) is 1. The lowest BCUT2D eigenvalue weighted by Crippen LogP contribution is -1.94. The Hall–Kier alpha value is -1.83. The number of allylic oxidation sites excluding steroid dienone is 4. The molecule has 0 bridgehead atoms. The van der Waals surface area contributed by atoms with Crippen molar-refractivity contribution in [3.8, 4) is 0 Å². The highest BCUT2D eigenvalue weighted by Gasteiger charge is 2.00. The molecule has 0 heterocycles. The molecule has 0 amide bonds. The summed E-state index contributed by atoms with van der Waals surface area (Å²) < 4.78 is 18.7. The number of rotatable bonds is 5. The van der Waals surface area contributed by atoms with Gasteiger partial charge in [-0.25, -0.2) is 4.39 Å². The molecule has 1 rings (SSSR count). The minimum absolute atomic E-state index is 0.210. The average Bonchev–Trinajstić information content (AvgIpc) is 2.31. The molecule has 0 N–H and O–H groups in total. The van der Waals surface area contributed by atoms with Crippen LogP contribution in [0.25, 0.3) is 0 Å². The molecule has 0 saturated carbocycles. The van der Waals surface area contributed by atoms with Crippen LogP contribution >= 0.6 is 0 Å². The molecule has 0 aromatic heterocycles. The summed E-state index contributed by atoms with van der Waals surface area (Å²) in [5, 5.41) is 0. The molecular weight excluding hydrogens is 203 g/mol. The van der Waals surface area contributed by atoms with E-state index in [4.69, 9.17) is 4.74 Å². The smallest absolute Gasteiger partial charge is 0.129 e. The Morgan fingerprint density at radius 1 is 1.44 bits per heavy atom. The molecule has 0 spiro atoms. The second kappa shape index (κ2) is 6.62. The van der Waals surface area contributed by atoms with Gasteiger partial charge in [-0.1, -0.05) is 36.9 Å². The number of hydrogen-bond donors (Lipinski definition) is 0. The maximum atomic E-state index is 13.3. The molecule has 1 nitrogen and oxygen atoms in total. The third kappa shape index (κ3) is 3.73. The standard InChI is InChI=1S/C14H15FO/c1-3-5-9-13(4-2)16-11-12-8-6-7-10-14(12)15/h3-10H,2,11H2,1H3/b5-3-,13-9+. The monoisotopic (exact) mass is 218 g/mol. The lowest BCUT2D eigenvalue weighted by Gasteiger charge is -2.06. The van der Waals surface area contributed by atoms with E-state index in [9.17, 15) is 4.39 Å². The zero-order valence-corrected chi connectivity index (χ0v) is 9.32. The lowest BCUT2D eigenvalue weighted by atomic mass is 10.2. The maximum absolute atomic E-state index is 13.3. The van der Waals surface area contributed by atoms with Crippen molar-refractivity contribution in [2.24, 2.45) is 0 Å². The predicted molar refractivity (Wildman–Crippen MR) is 64.3 cm³/mol. The summed E-state index contributed by atoms with van der Waals surface area (Å²) in [7, 11) is 0. The van der Waals surface area contributed by atoms with Crippen LogP contribution in [0.1, 0.15) is 12.5 Å². The highest BCUT2D eigenvalue weighted by Crippen LogP contribution is 2.10. The van der Waals surface area contributed by atoms with E-state index in [-0.39, 0.29) is 12.4 Å². The first-order valence-corrected chi connectivity index (χ1v) is 5.09. The maximum Gasteiger partial charge on any atom is 0.129 e. The zero-order valence-electron chi connectivity index (χ0n) is 9.32. The van der Waals surface area contributed by atoms with Gasteiger partial charge in [-0.15, -0.1) is 0 Å². The molecule has 1 aromatic rings. The molecule has 16 heavy (non-hydrogen) atoms. The van der Waals surface area contributed by atoms with Crippen LogP contribution in [0.5, 0.6) is 0 Å². The highest BCUT2D eigenvalue weighted by molar-refractivity contribution is 5.19. The molecule has 0 fully saturated rings. The second-order valence-electron chi connectivity index (χ2n) is 3.18. The van der Waals surface area contributed by atoms with Gasteiger partial charge >= 0.3 is 0 Å². The fraction of sp³-hybridized carbons (Fsp3) is 0.143. The topological polar surface area (TPSA) is 9.23 Å². The number of ether oxygens (including phenoxy) is 1. The predicted octanol–water partition coefficient (Wildman–Crippen LogP) is 3.99. The van der Waals surface area contributed by atoms with Crippen LogP contribution in [0.2, 0.25) is 0 Å². The van der Waals surface area contributed by atoms with Crippen LogP contribution in [0.4, 0.5) is 4.39 Å². The molecule has 1 aromatic carbocycles. The third-order valence-electron chi connectivity index (χ3n) is 2.01. The molecule has 84 valence electrons. The molecule has 0 radical (unpaired) electrons. The van der Waals surface area contributed by atoms with Gasteiger partial charge in [0.15, 0.2) is 0 Å². The van der Waals surface area contributed by atoms with Crippen molar-refractivity contribution < 1.29 is 9.13 Å². The minimum Gasteiger partial charge on any atom is -0.489 e. The van der Waals surface area contributed by atoms with E-state index in [1.54, 1.807) is 30.4 Å². The Bertz CT molecular complexity index is 405. The zero-order chi connectivity index (χ0) is 11.8. The minimum atomic E-state index is -0.253. The molecule has 0 aliphatic rings. The van der Waals surface area contributed by atoms with Crippen molar-refractivity contribution in [2.75, 3.05) is 0 Å². The van der Waals surface area contributed by atoms with Gasteiger partial charge in [0.05, 0.1) is 0 Å². The van der Waals surface area contributed by atoms with Crippen LogP contribution in [0.15, 0.2) is 60.9 Å². The summed E-state index contributed by atoms with van der Waals surface area (Å²) in [4.78, 5) is 0. The normalized spacial score (nSPS) is 11.8. The Morgan fingerprint density at radius 3 is 2.81 bits per heavy atom. The van der Waals surface area contributed by atoms with Gasteiger partial charge in [0.25, 0.3) is 0 Å². The van der Waals surface area contributed by atoms with Crippen LogP contribution in [0, 0.1) is 5.82 Å². The van der Waals surface area contributed by atoms with Gasteiger partial charge < -0.3 is 4.74 Å². The van der Waals surface area contributed by atoms with Crippen LogP contribution in [0.3, 0.4) is 0 Å². The summed E-state index contributed by atoms with van der Waals surface area (Å²) >= 11 is 0. The Morgan fingerprint density at radius 2 is 2.19 bits per heavy atom. The third-order valence-corrected chi connectivity index (χ3v) is 2.01. The van der Waals surface area contributed by atoms with E-state index in [2.05, 4.69) is 6.58 Å². The molecule has 0 saturated heterocycles. The molecule has 0 atom stereocenters. The number of halogens is 1. The summed E-state index contributed by atoms with van der Waals surface area (Å²) in [5.74, 6) is 0.373. The molecule has 2 heteroatoms. The largest absolute Gasteiger partial charge is 0.489 e. The van der Waals surface area contributed by atoms with Crippen LogP contribution in [-0.4, -0.2) is 0 Å². The first-order valence-electron chi connectivity index (χ1n) is 5.09. The van der Waals surface area contributed by atoms with Crippen molar-refractivity contribution in [3.63, 3.8) is 0 Å². The van der Waals surface area contributed by atoms with Crippen molar-refractivity contribution >= 4 is 0 Å². The summed E-state index contributed by atoms with van der Waals surface area (Å²) in [6.07, 6.45) is 7.11. The van der Waals surface area contributed by atoms with Gasteiger partial charge in [-0.05, 0) is 25.1 Å². The fourth-order valence-electron chi connectivity index (χ4n) is 1.14. The summed E-state index contributed by atoms with van der Waals surface area (Å²) in [6, 6.07) is 6.56. The van der Waals surface area contributed by atoms with Gasteiger partial charge in [-0.2, -0.15) is 0 Å². The lowest BCUT2D eigenvalue weighted by molar-refractivity contribution is 0.207. The van der Waals surface area contributed by atoms with E-state index in [1.165, 1.54) is 6.07 Å². The Kier molecular flexibility index (Phi) is 5.06. The van der Waals surface area contributed by atoms with Gasteiger partial charge in [0.1, 0.15) is 18.2 Å². The van der Waals surface area contributed by atoms with E-state index in [1.807, 2.05) is 19.1 Å². The van der Waals surface area contributed by atoms with E-state index in [0.29, 0.717) is 11.3 Å². The van der Waals surface area contributed by atoms with Crippen LogP contribution < -0.4 is 0 Å². The van der Waals surface area contributed by atoms with E-state index < -0.39 is 0 Å². The summed E-state index contributed by atoms with van der Waals surface area (Å²) in [6.45, 7) is 5.75. The highest BCUT2D eigenvalue weighted by atomic mass is 19.1. The van der Waals surface area contributed by atoms with E-state index >= 15 is 0 Å². The fourth-order valence-corrected chi connectivity index (χ4v) is 1.14. The Labute approximate surface area is 95.6 Å². The number of benzene rings is 1. The van der Waals surface area contributed by atoms with Crippen LogP contribution in [-0.2, 0) is 11.3 Å². The molecule has 0 aliphatic heterocycles. The Balaban J connectivity index is 2.63. The van der Waals surface area contributed by atoms with E-state index in [0.717, 1.165) is 0 Å². The quantitative estimate of drug-likeness (QED) is 0.536.